The Morgan fingerprint density at radius 2 is 2.02 bits per heavy atom. The smallest absolute Gasteiger partial charge is 0.255 e. The molecule has 208 valence electrons. The van der Waals surface area contributed by atoms with Gasteiger partial charge in [0.1, 0.15) is 23.1 Å². The third-order valence-electron chi connectivity index (χ3n) is 7.30. The van der Waals surface area contributed by atoms with Crippen molar-refractivity contribution in [3.05, 3.63) is 103 Å². The first-order chi connectivity index (χ1) is 19.2. The van der Waals surface area contributed by atoms with Crippen LogP contribution in [0.4, 0.5) is 5.00 Å². The van der Waals surface area contributed by atoms with Crippen LogP contribution < -0.4 is 10.1 Å². The SMILES string of the molecule is CC(C)(C)[C@@H]1CCc2c(sc(N=Cc3ccc(OCc4ccc(Cl)cc4)c(Br)c3)c2C(=O)NCc2ccco2)C1. The van der Waals surface area contributed by atoms with E-state index >= 15 is 0 Å². The maximum atomic E-state index is 13.4. The number of furan rings is 1. The van der Waals surface area contributed by atoms with Crippen LogP contribution in [0.3, 0.4) is 0 Å². The lowest BCUT2D eigenvalue weighted by molar-refractivity contribution is 0.0947. The minimum Gasteiger partial charge on any atom is -0.488 e. The molecule has 0 saturated carbocycles. The zero-order valence-electron chi connectivity index (χ0n) is 22.8. The molecule has 0 bridgehead atoms. The Bertz CT molecular complexity index is 1500. The summed E-state index contributed by atoms with van der Waals surface area (Å²) < 4.78 is 12.2. The predicted octanol–water partition coefficient (Wildman–Crippen LogP) is 9.17. The number of halogens is 2. The zero-order valence-corrected chi connectivity index (χ0v) is 26.0. The Morgan fingerprint density at radius 3 is 2.73 bits per heavy atom. The van der Waals surface area contributed by atoms with E-state index in [4.69, 9.17) is 25.7 Å². The Morgan fingerprint density at radius 1 is 1.23 bits per heavy atom. The molecule has 0 saturated heterocycles. The Kier molecular flexibility index (Phi) is 8.83. The number of hydrogen-bond acceptors (Lipinski definition) is 5. The summed E-state index contributed by atoms with van der Waals surface area (Å²) in [6.07, 6.45) is 6.36. The number of carbonyl (C=O) groups excluding carboxylic acids is 1. The first-order valence-electron chi connectivity index (χ1n) is 13.3. The number of fused-ring (bicyclic) bond motifs is 1. The Balaban J connectivity index is 1.36. The monoisotopic (exact) mass is 638 g/mol. The minimum atomic E-state index is -0.109. The molecule has 0 aliphatic heterocycles. The van der Waals surface area contributed by atoms with Crippen molar-refractivity contribution in [1.29, 1.82) is 0 Å². The van der Waals surface area contributed by atoms with Crippen LogP contribution in [0.1, 0.15) is 64.9 Å². The number of carbonyl (C=O) groups is 1. The van der Waals surface area contributed by atoms with Gasteiger partial charge in [0.05, 0.1) is 22.8 Å². The van der Waals surface area contributed by atoms with Crippen molar-refractivity contribution in [2.75, 3.05) is 0 Å². The Hall–Kier alpha value is -2.87. The summed E-state index contributed by atoms with van der Waals surface area (Å²) in [7, 11) is 0. The number of nitrogens with zero attached hydrogens (tertiary/aromatic N) is 1. The number of amides is 1. The van der Waals surface area contributed by atoms with E-state index in [0.29, 0.717) is 29.7 Å². The number of thiophene rings is 1. The van der Waals surface area contributed by atoms with Gasteiger partial charge < -0.3 is 14.5 Å². The average molecular weight is 640 g/mol. The first-order valence-corrected chi connectivity index (χ1v) is 15.3. The molecule has 1 amide bonds. The molecule has 1 aliphatic carbocycles. The van der Waals surface area contributed by atoms with Crippen molar-refractivity contribution in [2.24, 2.45) is 16.3 Å². The molecule has 1 atom stereocenters. The van der Waals surface area contributed by atoms with Crippen LogP contribution in [-0.2, 0) is 26.0 Å². The molecule has 8 heteroatoms. The summed E-state index contributed by atoms with van der Waals surface area (Å²) in [6.45, 7) is 7.68. The summed E-state index contributed by atoms with van der Waals surface area (Å²) in [5, 5.41) is 4.48. The van der Waals surface area contributed by atoms with Crippen molar-refractivity contribution in [2.45, 2.75) is 53.2 Å². The largest absolute Gasteiger partial charge is 0.488 e. The van der Waals surface area contributed by atoms with Crippen LogP contribution >= 0.6 is 38.9 Å². The fraction of sp³-hybridized carbons (Fsp3) is 0.312. The zero-order chi connectivity index (χ0) is 28.3. The highest BCUT2D eigenvalue weighted by atomic mass is 79.9. The third kappa shape index (κ3) is 6.88. The van der Waals surface area contributed by atoms with Crippen molar-refractivity contribution in [1.82, 2.24) is 5.32 Å². The molecule has 0 fully saturated rings. The summed E-state index contributed by atoms with van der Waals surface area (Å²) in [5.74, 6) is 1.93. The van der Waals surface area contributed by atoms with Crippen molar-refractivity contribution in [3.63, 3.8) is 0 Å². The van der Waals surface area contributed by atoms with E-state index in [9.17, 15) is 4.79 Å². The highest BCUT2D eigenvalue weighted by molar-refractivity contribution is 9.10. The van der Waals surface area contributed by atoms with Crippen LogP contribution in [0.5, 0.6) is 5.75 Å². The number of hydrogen-bond donors (Lipinski definition) is 1. The van der Waals surface area contributed by atoms with Crippen LogP contribution in [0.2, 0.25) is 5.02 Å². The normalized spacial score (nSPS) is 15.3. The van der Waals surface area contributed by atoms with Crippen LogP contribution in [0.15, 0.2) is 74.7 Å². The van der Waals surface area contributed by atoms with Crippen molar-refractivity contribution in [3.8, 4) is 5.75 Å². The number of ether oxygens (including phenoxy) is 1. The molecule has 2 aromatic carbocycles. The second-order valence-corrected chi connectivity index (χ2v) is 13.5. The highest BCUT2D eigenvalue weighted by Gasteiger charge is 2.33. The topological polar surface area (TPSA) is 63.8 Å². The van der Waals surface area contributed by atoms with Gasteiger partial charge in [-0.25, -0.2) is 4.99 Å². The predicted molar refractivity (Wildman–Crippen MR) is 166 cm³/mol. The van der Waals surface area contributed by atoms with Crippen LogP contribution in [-0.4, -0.2) is 12.1 Å². The standard InChI is InChI=1S/C32H32BrClN2O3S/c1-32(2,3)22-9-12-25-28(16-22)40-31(29(25)30(37)35-18-24-5-4-14-38-24)36-17-21-8-13-27(26(33)15-21)39-19-20-6-10-23(34)11-7-20/h4-8,10-11,13-15,17,22H,9,12,16,18-19H2,1-3H3,(H,35,37)/t22-/m1/s1. The van der Waals surface area contributed by atoms with Gasteiger partial charge in [-0.2, -0.15) is 0 Å². The van der Waals surface area contributed by atoms with Gasteiger partial charge in [-0.1, -0.05) is 44.5 Å². The average Bonchev–Trinajstić information content (AvgIpc) is 3.58. The van der Waals surface area contributed by atoms with Crippen LogP contribution in [0.25, 0.3) is 0 Å². The van der Waals surface area contributed by atoms with E-state index in [0.717, 1.165) is 56.9 Å². The molecular formula is C32H32BrClN2O3S. The lowest BCUT2D eigenvalue weighted by atomic mass is 9.72. The van der Waals surface area contributed by atoms with Gasteiger partial charge in [0, 0.05) is 16.1 Å². The van der Waals surface area contributed by atoms with Crippen LogP contribution in [0, 0.1) is 11.3 Å². The molecule has 4 aromatic rings. The molecule has 5 nitrogen and oxygen atoms in total. The summed E-state index contributed by atoms with van der Waals surface area (Å²) in [4.78, 5) is 19.6. The number of benzene rings is 2. The lowest BCUT2D eigenvalue weighted by Gasteiger charge is -2.33. The molecule has 1 N–H and O–H groups in total. The third-order valence-corrected chi connectivity index (χ3v) is 9.33. The second kappa shape index (κ2) is 12.3. The van der Waals surface area contributed by atoms with E-state index in [1.54, 1.807) is 17.6 Å². The molecule has 5 rings (SSSR count). The fourth-order valence-corrected chi connectivity index (χ4v) is 6.80. The van der Waals surface area contributed by atoms with Gasteiger partial charge in [-0.15, -0.1) is 11.3 Å². The molecule has 40 heavy (non-hydrogen) atoms. The van der Waals surface area contributed by atoms with E-state index in [2.05, 4.69) is 42.0 Å². The van der Waals surface area contributed by atoms with E-state index < -0.39 is 0 Å². The maximum absolute atomic E-state index is 13.4. The second-order valence-electron chi connectivity index (χ2n) is 11.1. The molecule has 2 aromatic heterocycles. The van der Waals surface area contributed by atoms with Gasteiger partial charge in [-0.05, 0) is 106 Å². The van der Waals surface area contributed by atoms with E-state index in [1.807, 2.05) is 60.8 Å². The molecular weight excluding hydrogens is 608 g/mol. The number of nitrogens with one attached hydrogen (secondary N) is 1. The molecule has 0 radical (unpaired) electrons. The Labute approximate surface area is 252 Å². The summed E-state index contributed by atoms with van der Waals surface area (Å²) in [5.41, 5.74) is 4.00. The van der Waals surface area contributed by atoms with Gasteiger partial charge >= 0.3 is 0 Å². The molecule has 1 aliphatic rings. The van der Waals surface area contributed by atoms with Crippen molar-refractivity contribution >= 4 is 56.0 Å². The van der Waals surface area contributed by atoms with E-state index in [1.165, 1.54) is 4.88 Å². The molecule has 2 heterocycles. The van der Waals surface area contributed by atoms with Gasteiger partial charge in [0.2, 0.25) is 0 Å². The number of aliphatic imine (C=N–C) groups is 1. The quantitative estimate of drug-likeness (QED) is 0.196. The summed E-state index contributed by atoms with van der Waals surface area (Å²) >= 11 is 11.2. The maximum Gasteiger partial charge on any atom is 0.255 e. The van der Waals surface area contributed by atoms with Gasteiger partial charge in [0.15, 0.2) is 0 Å². The van der Waals surface area contributed by atoms with Gasteiger partial charge in [0.25, 0.3) is 5.91 Å². The van der Waals surface area contributed by atoms with Crippen molar-refractivity contribution < 1.29 is 13.9 Å². The molecule has 0 spiro atoms. The number of rotatable bonds is 8. The lowest BCUT2D eigenvalue weighted by Crippen LogP contribution is -2.28. The minimum absolute atomic E-state index is 0.109. The first kappa shape index (κ1) is 28.7. The summed E-state index contributed by atoms with van der Waals surface area (Å²) in [6, 6.07) is 17.1. The molecule has 0 unspecified atom stereocenters. The highest BCUT2D eigenvalue weighted by Crippen LogP contribution is 2.45. The fourth-order valence-electron chi connectivity index (χ4n) is 4.89. The van der Waals surface area contributed by atoms with E-state index in [-0.39, 0.29) is 11.3 Å². The van der Waals surface area contributed by atoms with Gasteiger partial charge in [-0.3, -0.25) is 4.79 Å².